The van der Waals surface area contributed by atoms with Crippen molar-refractivity contribution >= 4 is 11.6 Å². The summed E-state index contributed by atoms with van der Waals surface area (Å²) in [5, 5.41) is 2.85. The average molecular weight is 250 g/mol. The number of hydrogen-bond donors (Lipinski definition) is 2. The molecule has 0 radical (unpaired) electrons. The standard InChI is InChI=1S/C14H19FN2O/c1-9-8-12(6-7-13(9)15)17-14(18)10-2-4-11(16)5-3-10/h6-8,10-11H,2-5,16H2,1H3,(H,17,18). The van der Waals surface area contributed by atoms with Crippen molar-refractivity contribution in [3.63, 3.8) is 0 Å². The molecule has 1 aromatic carbocycles. The van der Waals surface area contributed by atoms with Crippen molar-refractivity contribution in [1.29, 1.82) is 0 Å². The fraction of sp³-hybridized carbons (Fsp3) is 0.500. The molecule has 0 aliphatic heterocycles. The van der Waals surface area contributed by atoms with Crippen LogP contribution in [0, 0.1) is 18.7 Å². The van der Waals surface area contributed by atoms with Crippen molar-refractivity contribution in [3.8, 4) is 0 Å². The lowest BCUT2D eigenvalue weighted by Crippen LogP contribution is -2.32. The molecule has 98 valence electrons. The predicted molar refractivity (Wildman–Crippen MR) is 69.7 cm³/mol. The summed E-state index contributed by atoms with van der Waals surface area (Å²) in [5.74, 6) is -0.195. The molecule has 0 heterocycles. The van der Waals surface area contributed by atoms with Crippen LogP contribution in [0.1, 0.15) is 31.2 Å². The number of nitrogens with one attached hydrogen (secondary N) is 1. The molecule has 1 saturated carbocycles. The molecule has 0 atom stereocenters. The van der Waals surface area contributed by atoms with Crippen molar-refractivity contribution in [2.24, 2.45) is 11.7 Å². The molecule has 3 nitrogen and oxygen atoms in total. The third-order valence-corrected chi connectivity index (χ3v) is 3.57. The summed E-state index contributed by atoms with van der Waals surface area (Å²) in [6.45, 7) is 1.69. The van der Waals surface area contributed by atoms with Gasteiger partial charge in [-0.3, -0.25) is 4.79 Å². The number of benzene rings is 1. The zero-order valence-electron chi connectivity index (χ0n) is 10.6. The number of halogens is 1. The van der Waals surface area contributed by atoms with Crippen LogP contribution in [-0.2, 0) is 4.79 Å². The van der Waals surface area contributed by atoms with Crippen LogP contribution >= 0.6 is 0 Å². The molecule has 0 bridgehead atoms. The van der Waals surface area contributed by atoms with E-state index in [1.807, 2.05) is 0 Å². The van der Waals surface area contributed by atoms with E-state index in [2.05, 4.69) is 5.32 Å². The van der Waals surface area contributed by atoms with E-state index in [4.69, 9.17) is 5.73 Å². The first-order valence-corrected chi connectivity index (χ1v) is 6.39. The molecule has 1 fully saturated rings. The minimum Gasteiger partial charge on any atom is -0.328 e. The third kappa shape index (κ3) is 3.07. The zero-order chi connectivity index (χ0) is 13.1. The van der Waals surface area contributed by atoms with Gasteiger partial charge < -0.3 is 11.1 Å². The van der Waals surface area contributed by atoms with Crippen LogP contribution in [0.3, 0.4) is 0 Å². The van der Waals surface area contributed by atoms with Crippen LogP contribution in [0.5, 0.6) is 0 Å². The van der Waals surface area contributed by atoms with Gasteiger partial charge in [-0.15, -0.1) is 0 Å². The molecule has 0 saturated heterocycles. The molecular weight excluding hydrogens is 231 g/mol. The number of anilines is 1. The second-order valence-electron chi connectivity index (χ2n) is 5.06. The third-order valence-electron chi connectivity index (χ3n) is 3.57. The van der Waals surface area contributed by atoms with Crippen LogP contribution in [0.4, 0.5) is 10.1 Å². The lowest BCUT2D eigenvalue weighted by atomic mass is 9.86. The Kier molecular flexibility index (Phi) is 3.97. The summed E-state index contributed by atoms with van der Waals surface area (Å²) >= 11 is 0. The van der Waals surface area contributed by atoms with E-state index in [-0.39, 0.29) is 23.7 Å². The molecule has 1 aliphatic carbocycles. The second-order valence-corrected chi connectivity index (χ2v) is 5.06. The Hall–Kier alpha value is -1.42. The predicted octanol–water partition coefficient (Wildman–Crippen LogP) is 2.59. The molecule has 1 aliphatic rings. The molecule has 3 N–H and O–H groups in total. The molecule has 2 rings (SSSR count). The largest absolute Gasteiger partial charge is 0.328 e. The molecule has 18 heavy (non-hydrogen) atoms. The summed E-state index contributed by atoms with van der Waals surface area (Å²) in [6, 6.07) is 4.86. The Morgan fingerprint density at radius 2 is 2.00 bits per heavy atom. The number of carbonyl (C=O) groups is 1. The highest BCUT2D eigenvalue weighted by Gasteiger charge is 2.24. The number of hydrogen-bond acceptors (Lipinski definition) is 2. The molecule has 0 spiro atoms. The number of amides is 1. The molecule has 4 heteroatoms. The quantitative estimate of drug-likeness (QED) is 0.847. The maximum atomic E-state index is 13.1. The first-order chi connectivity index (χ1) is 8.56. The van der Waals surface area contributed by atoms with E-state index in [9.17, 15) is 9.18 Å². The molecule has 0 unspecified atom stereocenters. The highest BCUT2D eigenvalue weighted by atomic mass is 19.1. The molecule has 0 aromatic heterocycles. The van der Waals surface area contributed by atoms with Gasteiger partial charge in [-0.05, 0) is 56.4 Å². The van der Waals surface area contributed by atoms with E-state index in [1.165, 1.54) is 6.07 Å². The van der Waals surface area contributed by atoms with Crippen molar-refractivity contribution in [1.82, 2.24) is 0 Å². The van der Waals surface area contributed by atoms with Gasteiger partial charge >= 0.3 is 0 Å². The Morgan fingerprint density at radius 1 is 1.33 bits per heavy atom. The van der Waals surface area contributed by atoms with E-state index in [0.717, 1.165) is 25.7 Å². The summed E-state index contributed by atoms with van der Waals surface area (Å²) in [4.78, 5) is 12.0. The number of aryl methyl sites for hydroxylation is 1. The second kappa shape index (κ2) is 5.48. The molecular formula is C14H19FN2O. The lowest BCUT2D eigenvalue weighted by molar-refractivity contribution is -0.120. The van der Waals surface area contributed by atoms with Crippen molar-refractivity contribution < 1.29 is 9.18 Å². The zero-order valence-corrected chi connectivity index (χ0v) is 10.6. The first-order valence-electron chi connectivity index (χ1n) is 6.39. The minimum absolute atomic E-state index is 0.0212. The van der Waals surface area contributed by atoms with Crippen LogP contribution in [-0.4, -0.2) is 11.9 Å². The Bertz CT molecular complexity index is 439. The summed E-state index contributed by atoms with van der Waals surface area (Å²) in [6.07, 6.45) is 3.49. The van der Waals surface area contributed by atoms with E-state index in [1.54, 1.807) is 19.1 Å². The summed E-state index contributed by atoms with van der Waals surface area (Å²) in [5.41, 5.74) is 7.01. The topological polar surface area (TPSA) is 55.1 Å². The minimum atomic E-state index is -0.253. The number of carbonyl (C=O) groups excluding carboxylic acids is 1. The van der Waals surface area contributed by atoms with Gasteiger partial charge in [0.25, 0.3) is 0 Å². The Morgan fingerprint density at radius 3 is 2.61 bits per heavy atom. The average Bonchev–Trinajstić information content (AvgIpc) is 2.34. The van der Waals surface area contributed by atoms with Gasteiger partial charge in [-0.1, -0.05) is 0 Å². The summed E-state index contributed by atoms with van der Waals surface area (Å²) in [7, 11) is 0. The van der Waals surface area contributed by atoms with Crippen LogP contribution in [0.25, 0.3) is 0 Å². The van der Waals surface area contributed by atoms with E-state index >= 15 is 0 Å². The Labute approximate surface area is 107 Å². The van der Waals surface area contributed by atoms with Gasteiger partial charge in [0.15, 0.2) is 0 Å². The van der Waals surface area contributed by atoms with Crippen LogP contribution < -0.4 is 11.1 Å². The van der Waals surface area contributed by atoms with Gasteiger partial charge in [-0.25, -0.2) is 4.39 Å². The van der Waals surface area contributed by atoms with Crippen molar-refractivity contribution in [3.05, 3.63) is 29.6 Å². The van der Waals surface area contributed by atoms with Gasteiger partial charge in [0.2, 0.25) is 5.91 Å². The van der Waals surface area contributed by atoms with Gasteiger partial charge in [-0.2, -0.15) is 0 Å². The SMILES string of the molecule is Cc1cc(NC(=O)C2CCC(N)CC2)ccc1F. The number of nitrogens with two attached hydrogens (primary N) is 1. The fourth-order valence-electron chi connectivity index (χ4n) is 2.35. The lowest BCUT2D eigenvalue weighted by Gasteiger charge is -2.25. The van der Waals surface area contributed by atoms with E-state index < -0.39 is 0 Å². The van der Waals surface area contributed by atoms with Crippen LogP contribution in [0.2, 0.25) is 0 Å². The van der Waals surface area contributed by atoms with E-state index in [0.29, 0.717) is 11.3 Å². The summed E-state index contributed by atoms with van der Waals surface area (Å²) < 4.78 is 13.1. The van der Waals surface area contributed by atoms with Gasteiger partial charge in [0.05, 0.1) is 0 Å². The normalized spacial score (nSPS) is 23.7. The van der Waals surface area contributed by atoms with Crippen molar-refractivity contribution in [2.45, 2.75) is 38.6 Å². The Balaban J connectivity index is 1.96. The smallest absolute Gasteiger partial charge is 0.227 e. The number of rotatable bonds is 2. The maximum Gasteiger partial charge on any atom is 0.227 e. The monoisotopic (exact) mass is 250 g/mol. The first kappa shape index (κ1) is 13.0. The maximum absolute atomic E-state index is 13.1. The van der Waals surface area contributed by atoms with Crippen LogP contribution in [0.15, 0.2) is 18.2 Å². The van der Waals surface area contributed by atoms with Gasteiger partial charge in [0, 0.05) is 17.6 Å². The van der Waals surface area contributed by atoms with Gasteiger partial charge in [0.1, 0.15) is 5.82 Å². The fourth-order valence-corrected chi connectivity index (χ4v) is 2.35. The highest BCUT2D eigenvalue weighted by Crippen LogP contribution is 2.24. The highest BCUT2D eigenvalue weighted by molar-refractivity contribution is 5.92. The molecule has 1 amide bonds. The molecule has 1 aromatic rings. The van der Waals surface area contributed by atoms with Crippen molar-refractivity contribution in [2.75, 3.05) is 5.32 Å².